The first-order valence-corrected chi connectivity index (χ1v) is 10.1. The number of amides is 1. The largest absolute Gasteiger partial charge is 0.492 e. The summed E-state index contributed by atoms with van der Waals surface area (Å²) in [5, 5.41) is 3.04. The SMILES string of the molecule is CCOc1ccccc1NC(=O)[C@H](c1ccccc1)N(C)CCOc1ccccc1. The van der Waals surface area contributed by atoms with Crippen molar-refractivity contribution in [3.63, 3.8) is 0 Å². The lowest BCUT2D eigenvalue weighted by Gasteiger charge is -2.28. The van der Waals surface area contributed by atoms with Crippen LogP contribution in [0.2, 0.25) is 0 Å². The zero-order chi connectivity index (χ0) is 21.2. The second kappa shape index (κ2) is 11.0. The highest BCUT2D eigenvalue weighted by Gasteiger charge is 2.26. The van der Waals surface area contributed by atoms with Crippen molar-refractivity contribution in [1.29, 1.82) is 0 Å². The van der Waals surface area contributed by atoms with Crippen molar-refractivity contribution in [2.24, 2.45) is 0 Å². The minimum atomic E-state index is -0.458. The monoisotopic (exact) mass is 404 g/mol. The van der Waals surface area contributed by atoms with Gasteiger partial charge in [-0.1, -0.05) is 60.7 Å². The molecule has 3 aromatic rings. The number of anilines is 1. The normalized spacial score (nSPS) is 11.7. The summed E-state index contributed by atoms with van der Waals surface area (Å²) in [4.78, 5) is 15.3. The lowest BCUT2D eigenvalue weighted by Crippen LogP contribution is -2.37. The number of nitrogens with zero attached hydrogens (tertiary/aromatic N) is 1. The molecule has 0 unspecified atom stereocenters. The number of carbonyl (C=O) groups is 1. The lowest BCUT2D eigenvalue weighted by molar-refractivity contribution is -0.121. The van der Waals surface area contributed by atoms with E-state index in [0.717, 1.165) is 11.3 Å². The van der Waals surface area contributed by atoms with Crippen molar-refractivity contribution in [2.75, 3.05) is 32.1 Å². The van der Waals surface area contributed by atoms with Gasteiger partial charge in [-0.2, -0.15) is 0 Å². The van der Waals surface area contributed by atoms with Gasteiger partial charge in [0, 0.05) is 6.54 Å². The van der Waals surface area contributed by atoms with Crippen molar-refractivity contribution in [2.45, 2.75) is 13.0 Å². The molecule has 0 aliphatic heterocycles. The Morgan fingerprint density at radius 2 is 1.53 bits per heavy atom. The first kappa shape index (κ1) is 21.4. The molecule has 0 saturated carbocycles. The molecule has 30 heavy (non-hydrogen) atoms. The number of nitrogens with one attached hydrogen (secondary N) is 1. The average molecular weight is 405 g/mol. The van der Waals surface area contributed by atoms with Crippen molar-refractivity contribution in [3.8, 4) is 11.5 Å². The number of hydrogen-bond donors (Lipinski definition) is 1. The second-order valence-electron chi connectivity index (χ2n) is 6.87. The first-order chi connectivity index (χ1) is 14.7. The Kier molecular flexibility index (Phi) is 7.86. The van der Waals surface area contributed by atoms with Crippen LogP contribution in [0.1, 0.15) is 18.5 Å². The molecule has 3 rings (SSSR count). The van der Waals surface area contributed by atoms with E-state index in [0.29, 0.717) is 31.2 Å². The lowest BCUT2D eigenvalue weighted by atomic mass is 10.0. The predicted molar refractivity (Wildman–Crippen MR) is 120 cm³/mol. The molecule has 5 nitrogen and oxygen atoms in total. The highest BCUT2D eigenvalue weighted by atomic mass is 16.5. The van der Waals surface area contributed by atoms with Gasteiger partial charge in [-0.05, 0) is 43.8 Å². The average Bonchev–Trinajstić information content (AvgIpc) is 2.77. The summed E-state index contributed by atoms with van der Waals surface area (Å²) in [5.74, 6) is 1.36. The number of carbonyl (C=O) groups excluding carboxylic acids is 1. The summed E-state index contributed by atoms with van der Waals surface area (Å²) in [5.41, 5.74) is 1.59. The Morgan fingerprint density at radius 3 is 2.23 bits per heavy atom. The molecule has 0 aromatic heterocycles. The summed E-state index contributed by atoms with van der Waals surface area (Å²) in [7, 11) is 1.93. The minimum absolute atomic E-state index is 0.115. The third-order valence-electron chi connectivity index (χ3n) is 4.71. The molecule has 156 valence electrons. The van der Waals surface area contributed by atoms with Crippen LogP contribution in [-0.4, -0.2) is 37.6 Å². The third kappa shape index (κ3) is 5.84. The van der Waals surface area contributed by atoms with Gasteiger partial charge in [0.15, 0.2) is 0 Å². The zero-order valence-corrected chi connectivity index (χ0v) is 17.5. The van der Waals surface area contributed by atoms with E-state index in [1.165, 1.54) is 0 Å². The summed E-state index contributed by atoms with van der Waals surface area (Å²) in [6, 6.07) is 26.5. The Labute approximate surface area is 178 Å². The van der Waals surface area contributed by atoms with Gasteiger partial charge in [0.1, 0.15) is 24.1 Å². The van der Waals surface area contributed by atoms with E-state index >= 15 is 0 Å². The fourth-order valence-corrected chi connectivity index (χ4v) is 3.25. The van der Waals surface area contributed by atoms with Crippen LogP contribution in [0.25, 0.3) is 0 Å². The number of likely N-dealkylation sites (N-methyl/N-ethyl adjacent to an activating group) is 1. The molecule has 0 aliphatic carbocycles. The Hall–Kier alpha value is -3.31. The summed E-state index contributed by atoms with van der Waals surface area (Å²) in [6.07, 6.45) is 0. The van der Waals surface area contributed by atoms with E-state index in [9.17, 15) is 4.79 Å². The van der Waals surface area contributed by atoms with Crippen LogP contribution < -0.4 is 14.8 Å². The quantitative estimate of drug-likeness (QED) is 0.529. The molecule has 0 radical (unpaired) electrons. The fourth-order valence-electron chi connectivity index (χ4n) is 3.25. The van der Waals surface area contributed by atoms with Crippen molar-refractivity contribution < 1.29 is 14.3 Å². The Morgan fingerprint density at radius 1 is 0.900 bits per heavy atom. The Balaban J connectivity index is 1.73. The van der Waals surface area contributed by atoms with E-state index in [-0.39, 0.29) is 5.91 Å². The third-order valence-corrected chi connectivity index (χ3v) is 4.71. The van der Waals surface area contributed by atoms with Gasteiger partial charge in [-0.25, -0.2) is 0 Å². The molecule has 1 N–H and O–H groups in total. The van der Waals surface area contributed by atoms with E-state index in [1.807, 2.05) is 104 Å². The van der Waals surface area contributed by atoms with Crippen molar-refractivity contribution >= 4 is 11.6 Å². The van der Waals surface area contributed by atoms with E-state index in [4.69, 9.17) is 9.47 Å². The molecular formula is C25H28N2O3. The standard InChI is InChI=1S/C25H28N2O3/c1-3-29-23-17-11-10-16-22(23)26-25(28)24(20-12-6-4-7-13-20)27(2)18-19-30-21-14-8-5-9-15-21/h4-17,24H,3,18-19H2,1-2H3,(H,26,28)/t24-/m0/s1. The molecule has 5 heteroatoms. The second-order valence-corrected chi connectivity index (χ2v) is 6.87. The molecule has 0 fully saturated rings. The van der Waals surface area contributed by atoms with Crippen molar-refractivity contribution in [1.82, 2.24) is 4.90 Å². The van der Waals surface area contributed by atoms with Gasteiger partial charge in [-0.15, -0.1) is 0 Å². The topological polar surface area (TPSA) is 50.8 Å². The number of para-hydroxylation sites is 3. The van der Waals surface area contributed by atoms with Gasteiger partial charge >= 0.3 is 0 Å². The minimum Gasteiger partial charge on any atom is -0.492 e. The predicted octanol–water partition coefficient (Wildman–Crippen LogP) is 4.78. The molecule has 0 saturated heterocycles. The van der Waals surface area contributed by atoms with Gasteiger partial charge in [-0.3, -0.25) is 9.69 Å². The van der Waals surface area contributed by atoms with Gasteiger partial charge in [0.25, 0.3) is 0 Å². The molecule has 1 amide bonds. The summed E-state index contributed by atoms with van der Waals surface area (Å²) >= 11 is 0. The molecule has 1 atom stereocenters. The number of ether oxygens (including phenoxy) is 2. The van der Waals surface area contributed by atoms with Crippen LogP contribution in [0, 0.1) is 0 Å². The van der Waals surface area contributed by atoms with Gasteiger partial charge in [0.05, 0.1) is 12.3 Å². The number of benzene rings is 3. The fraction of sp³-hybridized carbons (Fsp3) is 0.240. The maximum Gasteiger partial charge on any atom is 0.246 e. The molecule has 0 aliphatic rings. The molecular weight excluding hydrogens is 376 g/mol. The number of hydrogen-bond acceptors (Lipinski definition) is 4. The maximum absolute atomic E-state index is 13.3. The van der Waals surface area contributed by atoms with Crippen LogP contribution >= 0.6 is 0 Å². The van der Waals surface area contributed by atoms with Gasteiger partial charge in [0.2, 0.25) is 5.91 Å². The van der Waals surface area contributed by atoms with E-state index < -0.39 is 6.04 Å². The van der Waals surface area contributed by atoms with Crippen LogP contribution in [-0.2, 0) is 4.79 Å². The van der Waals surface area contributed by atoms with E-state index in [2.05, 4.69) is 5.32 Å². The highest BCUT2D eigenvalue weighted by Crippen LogP contribution is 2.27. The summed E-state index contributed by atoms with van der Waals surface area (Å²) in [6.45, 7) is 3.53. The zero-order valence-electron chi connectivity index (χ0n) is 17.5. The summed E-state index contributed by atoms with van der Waals surface area (Å²) < 4.78 is 11.5. The Bertz CT molecular complexity index is 916. The van der Waals surface area contributed by atoms with Crippen LogP contribution in [0.15, 0.2) is 84.9 Å². The molecule has 0 heterocycles. The highest BCUT2D eigenvalue weighted by molar-refractivity contribution is 5.96. The molecule has 0 bridgehead atoms. The van der Waals surface area contributed by atoms with Gasteiger partial charge < -0.3 is 14.8 Å². The van der Waals surface area contributed by atoms with E-state index in [1.54, 1.807) is 0 Å². The molecule has 3 aromatic carbocycles. The number of rotatable bonds is 10. The first-order valence-electron chi connectivity index (χ1n) is 10.1. The van der Waals surface area contributed by atoms with Crippen LogP contribution in [0.5, 0.6) is 11.5 Å². The maximum atomic E-state index is 13.3. The smallest absolute Gasteiger partial charge is 0.246 e. The van der Waals surface area contributed by atoms with Crippen LogP contribution in [0.4, 0.5) is 5.69 Å². The van der Waals surface area contributed by atoms with Crippen molar-refractivity contribution in [3.05, 3.63) is 90.5 Å². The molecule has 0 spiro atoms. The van der Waals surface area contributed by atoms with Crippen LogP contribution in [0.3, 0.4) is 0 Å².